The van der Waals surface area contributed by atoms with Gasteiger partial charge in [0, 0.05) is 17.7 Å². The van der Waals surface area contributed by atoms with Gasteiger partial charge in [0.15, 0.2) is 0 Å². The second-order valence-electron chi connectivity index (χ2n) is 7.52. The van der Waals surface area contributed by atoms with Gasteiger partial charge in [0.2, 0.25) is 0 Å². The highest BCUT2D eigenvalue weighted by Crippen LogP contribution is 2.41. The Labute approximate surface area is 142 Å². The van der Waals surface area contributed by atoms with E-state index in [0.29, 0.717) is 17.2 Å². The largest absolute Gasteiger partial charge is 0.485 e. The van der Waals surface area contributed by atoms with Gasteiger partial charge in [0.25, 0.3) is 5.69 Å². The van der Waals surface area contributed by atoms with Gasteiger partial charge in [-0.15, -0.1) is 0 Å². The third kappa shape index (κ3) is 3.39. The third-order valence-corrected chi connectivity index (χ3v) is 5.29. The van der Waals surface area contributed by atoms with Gasteiger partial charge in [-0.1, -0.05) is 19.3 Å². The van der Waals surface area contributed by atoms with Crippen molar-refractivity contribution in [3.63, 3.8) is 0 Å². The number of aliphatic hydroxyl groups excluding tert-OH is 1. The first-order valence-corrected chi connectivity index (χ1v) is 8.77. The fraction of sp³-hybridized carbons (Fsp3) is 0.667. The highest BCUT2D eigenvalue weighted by molar-refractivity contribution is 5.48. The van der Waals surface area contributed by atoms with Gasteiger partial charge in [0.05, 0.1) is 11.0 Å². The molecule has 132 valence electrons. The van der Waals surface area contributed by atoms with Crippen molar-refractivity contribution in [2.24, 2.45) is 5.92 Å². The van der Waals surface area contributed by atoms with Crippen LogP contribution in [0.5, 0.6) is 5.75 Å². The summed E-state index contributed by atoms with van der Waals surface area (Å²) in [4.78, 5) is 10.7. The highest BCUT2D eigenvalue weighted by Gasteiger charge is 2.43. The molecule has 6 heteroatoms. The van der Waals surface area contributed by atoms with Crippen LogP contribution in [-0.2, 0) is 0 Å². The van der Waals surface area contributed by atoms with Gasteiger partial charge in [-0.3, -0.25) is 10.1 Å². The van der Waals surface area contributed by atoms with Crippen molar-refractivity contribution >= 4 is 5.69 Å². The van der Waals surface area contributed by atoms with Crippen molar-refractivity contribution in [3.05, 3.63) is 33.9 Å². The molecule has 0 saturated heterocycles. The van der Waals surface area contributed by atoms with Crippen molar-refractivity contribution < 1.29 is 14.8 Å². The molecule has 1 aliphatic heterocycles. The Morgan fingerprint density at radius 1 is 1.33 bits per heavy atom. The fourth-order valence-corrected chi connectivity index (χ4v) is 3.81. The van der Waals surface area contributed by atoms with E-state index in [-0.39, 0.29) is 11.7 Å². The number of ether oxygens (including phenoxy) is 1. The quantitative estimate of drug-likeness (QED) is 0.651. The standard InChI is InChI=1S/C18H26N2O4/c1-18(2)17(21)16(19-11-12-6-4-3-5-7-12)14-10-13(20(22)23)8-9-15(14)24-18/h8-10,12,16-17,19,21H,3-7,11H2,1-2H3/t16-,17+/m1/s1. The molecule has 1 saturated carbocycles. The second kappa shape index (κ2) is 6.69. The molecule has 0 amide bonds. The van der Waals surface area contributed by atoms with Gasteiger partial charge >= 0.3 is 0 Å². The number of non-ortho nitro benzene ring substituents is 1. The summed E-state index contributed by atoms with van der Waals surface area (Å²) in [6.45, 7) is 4.51. The van der Waals surface area contributed by atoms with Crippen LogP contribution in [-0.4, -0.2) is 28.3 Å². The number of nitrogens with one attached hydrogen (secondary N) is 1. The minimum atomic E-state index is -0.768. The summed E-state index contributed by atoms with van der Waals surface area (Å²) in [5.74, 6) is 1.22. The van der Waals surface area contributed by atoms with Crippen LogP contribution in [0.2, 0.25) is 0 Å². The summed E-state index contributed by atoms with van der Waals surface area (Å²) in [5.41, 5.74) is -0.0477. The lowest BCUT2D eigenvalue weighted by atomic mass is 9.85. The van der Waals surface area contributed by atoms with Gasteiger partial charge in [0.1, 0.15) is 17.5 Å². The SMILES string of the molecule is CC1(C)Oc2ccc([N+](=O)[O-])cc2[C@@H](NCC2CCCCC2)[C@@H]1O. The number of hydrogen-bond donors (Lipinski definition) is 2. The van der Waals surface area contributed by atoms with Crippen molar-refractivity contribution in [3.8, 4) is 5.75 Å². The smallest absolute Gasteiger partial charge is 0.270 e. The molecule has 2 aliphatic rings. The zero-order valence-electron chi connectivity index (χ0n) is 14.3. The fourth-order valence-electron chi connectivity index (χ4n) is 3.81. The first kappa shape index (κ1) is 17.2. The number of fused-ring (bicyclic) bond motifs is 1. The van der Waals surface area contributed by atoms with Crippen LogP contribution in [0.25, 0.3) is 0 Å². The Kier molecular flexibility index (Phi) is 4.78. The predicted molar refractivity (Wildman–Crippen MR) is 91.1 cm³/mol. The first-order valence-electron chi connectivity index (χ1n) is 8.77. The molecule has 6 nitrogen and oxygen atoms in total. The van der Waals surface area contributed by atoms with E-state index in [4.69, 9.17) is 4.74 Å². The third-order valence-electron chi connectivity index (χ3n) is 5.29. The van der Waals surface area contributed by atoms with E-state index in [1.165, 1.54) is 44.2 Å². The summed E-state index contributed by atoms with van der Waals surface area (Å²) >= 11 is 0. The maximum atomic E-state index is 11.1. The predicted octanol–water partition coefficient (Wildman–Crippen LogP) is 3.34. The number of benzene rings is 1. The molecule has 1 fully saturated rings. The highest BCUT2D eigenvalue weighted by atomic mass is 16.6. The molecule has 1 aliphatic carbocycles. The number of nitro benzene ring substituents is 1. The van der Waals surface area contributed by atoms with Crippen LogP contribution in [0.15, 0.2) is 18.2 Å². The van der Waals surface area contributed by atoms with E-state index in [9.17, 15) is 15.2 Å². The summed E-state index contributed by atoms with van der Waals surface area (Å²) in [5, 5.41) is 25.3. The van der Waals surface area contributed by atoms with E-state index in [1.807, 2.05) is 13.8 Å². The van der Waals surface area contributed by atoms with Crippen molar-refractivity contribution in [1.82, 2.24) is 5.32 Å². The minimum absolute atomic E-state index is 0.0220. The van der Waals surface area contributed by atoms with E-state index in [1.54, 1.807) is 6.07 Å². The molecular formula is C18H26N2O4. The van der Waals surface area contributed by atoms with Crippen LogP contribution in [0.4, 0.5) is 5.69 Å². The number of aliphatic hydroxyl groups is 1. The Bertz CT molecular complexity index is 611. The molecule has 24 heavy (non-hydrogen) atoms. The monoisotopic (exact) mass is 334 g/mol. The van der Waals surface area contributed by atoms with E-state index in [2.05, 4.69) is 5.32 Å². The molecule has 1 aromatic rings. The van der Waals surface area contributed by atoms with Gasteiger partial charge in [-0.2, -0.15) is 0 Å². The summed E-state index contributed by atoms with van der Waals surface area (Å²) in [6, 6.07) is 4.25. The Morgan fingerprint density at radius 2 is 2.04 bits per heavy atom. The average Bonchev–Trinajstić information content (AvgIpc) is 2.55. The molecule has 3 rings (SSSR count). The second-order valence-corrected chi connectivity index (χ2v) is 7.52. The zero-order chi connectivity index (χ0) is 17.3. The van der Waals surface area contributed by atoms with Crippen molar-refractivity contribution in [2.45, 2.75) is 63.7 Å². The van der Waals surface area contributed by atoms with Crippen LogP contribution in [0.3, 0.4) is 0 Å². The van der Waals surface area contributed by atoms with Crippen LogP contribution < -0.4 is 10.1 Å². The number of hydrogen-bond acceptors (Lipinski definition) is 5. The first-order chi connectivity index (χ1) is 11.4. The summed E-state index contributed by atoms with van der Waals surface area (Å²) in [6.07, 6.45) is 5.47. The average molecular weight is 334 g/mol. The zero-order valence-corrected chi connectivity index (χ0v) is 14.3. The number of nitro groups is 1. The van der Waals surface area contributed by atoms with E-state index < -0.39 is 16.6 Å². The van der Waals surface area contributed by atoms with E-state index in [0.717, 1.165) is 6.54 Å². The van der Waals surface area contributed by atoms with Crippen molar-refractivity contribution in [2.75, 3.05) is 6.54 Å². The maximum absolute atomic E-state index is 11.1. The Hall–Kier alpha value is -1.66. The molecule has 1 aromatic carbocycles. The Morgan fingerprint density at radius 3 is 2.71 bits per heavy atom. The molecule has 0 radical (unpaired) electrons. The normalized spacial score (nSPS) is 26.5. The molecule has 2 N–H and O–H groups in total. The van der Waals surface area contributed by atoms with E-state index >= 15 is 0 Å². The number of rotatable bonds is 4. The van der Waals surface area contributed by atoms with Crippen LogP contribution in [0, 0.1) is 16.0 Å². The topological polar surface area (TPSA) is 84.6 Å². The molecule has 1 heterocycles. The lowest BCUT2D eigenvalue weighted by molar-refractivity contribution is -0.385. The van der Waals surface area contributed by atoms with Gasteiger partial charge < -0.3 is 15.2 Å². The van der Waals surface area contributed by atoms with Crippen LogP contribution in [0.1, 0.15) is 57.6 Å². The lowest BCUT2D eigenvalue weighted by Gasteiger charge is -2.42. The maximum Gasteiger partial charge on any atom is 0.270 e. The summed E-state index contributed by atoms with van der Waals surface area (Å²) < 4.78 is 5.88. The molecule has 0 unspecified atom stereocenters. The number of nitrogens with zero attached hydrogens (tertiary/aromatic N) is 1. The summed E-state index contributed by atoms with van der Waals surface area (Å²) in [7, 11) is 0. The van der Waals surface area contributed by atoms with Gasteiger partial charge in [-0.25, -0.2) is 0 Å². The van der Waals surface area contributed by atoms with Gasteiger partial charge in [-0.05, 0) is 45.2 Å². The molecule has 2 atom stereocenters. The lowest BCUT2D eigenvalue weighted by Crippen LogP contribution is -2.53. The minimum Gasteiger partial charge on any atom is -0.485 e. The molecule has 0 bridgehead atoms. The Balaban J connectivity index is 1.85. The molecule has 0 spiro atoms. The molecular weight excluding hydrogens is 308 g/mol. The van der Waals surface area contributed by atoms with Crippen molar-refractivity contribution in [1.29, 1.82) is 0 Å². The molecule has 0 aromatic heterocycles. The van der Waals surface area contributed by atoms with Crippen LogP contribution >= 0.6 is 0 Å².